The summed E-state index contributed by atoms with van der Waals surface area (Å²) in [6, 6.07) is 0.652. The van der Waals surface area contributed by atoms with Crippen LogP contribution in [0.5, 0.6) is 0 Å². The van der Waals surface area contributed by atoms with Crippen LogP contribution in [-0.2, 0) is 10.0 Å². The largest absolute Gasteiger partial charge is 0.307 e. The predicted molar refractivity (Wildman–Crippen MR) is 56.3 cm³/mol. The number of anilines is 1. The van der Waals surface area contributed by atoms with Crippen molar-refractivity contribution in [3.63, 3.8) is 0 Å². The van der Waals surface area contributed by atoms with E-state index in [1.807, 2.05) is 0 Å². The predicted octanol–water partition coefficient (Wildman–Crippen LogP) is 1.81. The third kappa shape index (κ3) is 3.24. The van der Waals surface area contributed by atoms with E-state index in [4.69, 9.17) is 11.6 Å². The van der Waals surface area contributed by atoms with Gasteiger partial charge in [0.05, 0.1) is 10.6 Å². The fourth-order valence-electron chi connectivity index (χ4n) is 0.950. The summed E-state index contributed by atoms with van der Waals surface area (Å²) >= 11 is 5.05. The first-order valence-corrected chi connectivity index (χ1v) is 6.15. The average molecular weight is 287 g/mol. The molecule has 0 aromatic heterocycles. The van der Waals surface area contributed by atoms with Gasteiger partial charge in [-0.3, -0.25) is 14.8 Å². The number of halogens is 3. The van der Waals surface area contributed by atoms with E-state index < -0.39 is 43.2 Å². The molecule has 1 aromatic rings. The highest BCUT2D eigenvalue weighted by Crippen LogP contribution is 2.25. The van der Waals surface area contributed by atoms with Crippen molar-refractivity contribution < 1.29 is 22.1 Å². The summed E-state index contributed by atoms with van der Waals surface area (Å²) in [6.07, 6.45) is 0. The van der Waals surface area contributed by atoms with Crippen LogP contribution < -0.4 is 4.72 Å². The van der Waals surface area contributed by atoms with Gasteiger partial charge in [-0.1, -0.05) is 0 Å². The maximum absolute atomic E-state index is 13.1. The summed E-state index contributed by atoms with van der Waals surface area (Å²) in [6.45, 7) is 0. The Labute approximate surface area is 99.4 Å². The molecule has 17 heavy (non-hydrogen) atoms. The fourth-order valence-corrected chi connectivity index (χ4v) is 1.66. The highest BCUT2D eigenvalue weighted by atomic mass is 35.5. The monoisotopic (exact) mass is 286 g/mol. The first kappa shape index (κ1) is 13.6. The third-order valence-electron chi connectivity index (χ3n) is 1.64. The molecule has 0 amide bonds. The van der Waals surface area contributed by atoms with Crippen molar-refractivity contribution in [3.05, 3.63) is 33.9 Å². The lowest BCUT2D eigenvalue weighted by molar-refractivity contribution is -0.387. The van der Waals surface area contributed by atoms with Gasteiger partial charge in [0.2, 0.25) is 15.8 Å². The zero-order valence-electron chi connectivity index (χ0n) is 7.98. The van der Waals surface area contributed by atoms with Gasteiger partial charge in [0, 0.05) is 12.1 Å². The van der Waals surface area contributed by atoms with E-state index >= 15 is 0 Å². The van der Waals surface area contributed by atoms with E-state index in [0.717, 1.165) is 0 Å². The van der Waals surface area contributed by atoms with Gasteiger partial charge in [0.15, 0.2) is 5.82 Å². The molecule has 0 aliphatic heterocycles. The Balaban J connectivity index is 3.26. The van der Waals surface area contributed by atoms with Gasteiger partial charge >= 0.3 is 5.69 Å². The van der Waals surface area contributed by atoms with Crippen molar-refractivity contribution in [2.24, 2.45) is 0 Å². The second kappa shape index (κ2) is 4.80. The quantitative estimate of drug-likeness (QED) is 0.519. The Morgan fingerprint density at radius 3 is 2.41 bits per heavy atom. The molecule has 0 aliphatic carbocycles. The molecule has 0 saturated carbocycles. The topological polar surface area (TPSA) is 89.3 Å². The van der Waals surface area contributed by atoms with Gasteiger partial charge in [-0.15, -0.1) is 11.6 Å². The number of nitro benzene ring substituents is 1. The molecule has 1 aromatic carbocycles. The van der Waals surface area contributed by atoms with Crippen molar-refractivity contribution in [2.75, 3.05) is 9.93 Å². The van der Waals surface area contributed by atoms with Crippen molar-refractivity contribution in [1.82, 2.24) is 0 Å². The molecule has 0 saturated heterocycles. The molecular weight excluding hydrogens is 282 g/mol. The second-order valence-corrected chi connectivity index (χ2v) is 5.17. The minimum Gasteiger partial charge on any atom is -0.279 e. The smallest absolute Gasteiger partial charge is 0.279 e. The maximum Gasteiger partial charge on any atom is 0.307 e. The van der Waals surface area contributed by atoms with Gasteiger partial charge in [0.1, 0.15) is 5.21 Å². The molecule has 0 fully saturated rings. The Morgan fingerprint density at radius 1 is 1.35 bits per heavy atom. The van der Waals surface area contributed by atoms with Gasteiger partial charge in [-0.05, 0) is 0 Å². The van der Waals surface area contributed by atoms with E-state index in [9.17, 15) is 27.3 Å². The Morgan fingerprint density at radius 2 is 1.94 bits per heavy atom. The SMILES string of the molecule is O=[N+]([O-])c1cc(NS(=O)(=O)CCl)c(F)cc1F. The van der Waals surface area contributed by atoms with E-state index in [1.165, 1.54) is 0 Å². The lowest BCUT2D eigenvalue weighted by atomic mass is 10.2. The number of nitro groups is 1. The van der Waals surface area contributed by atoms with E-state index in [2.05, 4.69) is 0 Å². The lowest BCUT2D eigenvalue weighted by Crippen LogP contribution is -2.15. The Hall–Kier alpha value is -1.48. The molecule has 0 unspecified atom stereocenters. The number of benzene rings is 1. The number of rotatable bonds is 4. The maximum atomic E-state index is 13.1. The van der Waals surface area contributed by atoms with Crippen LogP contribution in [0.1, 0.15) is 0 Å². The Bertz CT molecular complexity index is 563. The van der Waals surface area contributed by atoms with Gasteiger partial charge in [0.25, 0.3) is 0 Å². The van der Waals surface area contributed by atoms with Crippen LogP contribution >= 0.6 is 11.6 Å². The molecular formula is C7H5ClF2N2O4S. The first-order chi connectivity index (χ1) is 7.76. The zero-order valence-corrected chi connectivity index (χ0v) is 9.56. The molecule has 0 atom stereocenters. The van der Waals surface area contributed by atoms with Crippen LogP contribution in [0.4, 0.5) is 20.2 Å². The molecule has 0 spiro atoms. The van der Waals surface area contributed by atoms with Gasteiger partial charge in [-0.2, -0.15) is 4.39 Å². The zero-order chi connectivity index (χ0) is 13.2. The molecule has 94 valence electrons. The molecule has 1 rings (SSSR count). The van der Waals surface area contributed by atoms with Crippen LogP contribution in [0.15, 0.2) is 12.1 Å². The van der Waals surface area contributed by atoms with Crippen molar-refractivity contribution >= 4 is 33.0 Å². The average Bonchev–Trinajstić information content (AvgIpc) is 2.21. The van der Waals surface area contributed by atoms with Crippen LogP contribution in [-0.4, -0.2) is 18.6 Å². The van der Waals surface area contributed by atoms with Gasteiger partial charge in [-0.25, -0.2) is 12.8 Å². The number of hydrogen-bond donors (Lipinski definition) is 1. The molecule has 1 N–H and O–H groups in total. The first-order valence-electron chi connectivity index (χ1n) is 3.96. The van der Waals surface area contributed by atoms with Crippen LogP contribution in [0.2, 0.25) is 0 Å². The van der Waals surface area contributed by atoms with Crippen LogP contribution in [0, 0.1) is 21.7 Å². The number of nitrogens with one attached hydrogen (secondary N) is 1. The molecule has 0 heterocycles. The summed E-state index contributed by atoms with van der Waals surface area (Å²) in [5, 5.41) is 9.50. The van der Waals surface area contributed by atoms with Crippen molar-refractivity contribution in [1.29, 1.82) is 0 Å². The summed E-state index contributed by atoms with van der Waals surface area (Å²) in [7, 11) is -4.02. The molecule has 0 radical (unpaired) electrons. The molecule has 6 nitrogen and oxygen atoms in total. The van der Waals surface area contributed by atoms with E-state index in [1.54, 1.807) is 4.72 Å². The van der Waals surface area contributed by atoms with Crippen LogP contribution in [0.3, 0.4) is 0 Å². The number of hydrogen-bond acceptors (Lipinski definition) is 4. The Kier molecular flexibility index (Phi) is 3.83. The van der Waals surface area contributed by atoms with E-state index in [-0.39, 0.29) is 6.07 Å². The second-order valence-electron chi connectivity index (χ2n) is 2.87. The van der Waals surface area contributed by atoms with Gasteiger partial charge < -0.3 is 0 Å². The molecule has 0 bridgehead atoms. The number of alkyl halides is 1. The number of sulfonamides is 1. The van der Waals surface area contributed by atoms with E-state index in [0.29, 0.717) is 6.07 Å². The molecule has 10 heteroatoms. The fraction of sp³-hybridized carbons (Fsp3) is 0.143. The van der Waals surface area contributed by atoms with Crippen LogP contribution in [0.25, 0.3) is 0 Å². The normalized spacial score (nSPS) is 11.2. The summed E-state index contributed by atoms with van der Waals surface area (Å²) < 4.78 is 49.7. The highest BCUT2D eigenvalue weighted by Gasteiger charge is 2.20. The third-order valence-corrected chi connectivity index (χ3v) is 3.32. The lowest BCUT2D eigenvalue weighted by Gasteiger charge is -2.06. The van der Waals surface area contributed by atoms with Crippen molar-refractivity contribution in [3.8, 4) is 0 Å². The highest BCUT2D eigenvalue weighted by molar-refractivity contribution is 7.93. The summed E-state index contributed by atoms with van der Waals surface area (Å²) in [4.78, 5) is 9.26. The molecule has 0 aliphatic rings. The minimum atomic E-state index is -4.02. The minimum absolute atomic E-state index is 0.213. The van der Waals surface area contributed by atoms with Crippen molar-refractivity contribution in [2.45, 2.75) is 0 Å². The summed E-state index contributed by atoms with van der Waals surface area (Å²) in [5.74, 6) is -2.68. The number of nitrogens with zero attached hydrogens (tertiary/aromatic N) is 1. The summed E-state index contributed by atoms with van der Waals surface area (Å²) in [5.41, 5.74) is -1.78. The standard InChI is InChI=1S/C7H5ClF2N2O4S/c8-3-17(15,16)11-6-2-7(12(13)14)5(10)1-4(6)9/h1-2,11H,3H2.